The number of rotatable bonds is 4. The van der Waals surface area contributed by atoms with Gasteiger partial charge in [-0.3, -0.25) is 4.90 Å². The van der Waals surface area contributed by atoms with Crippen molar-refractivity contribution in [3.8, 4) is 0 Å². The number of likely N-dealkylation sites (N-methyl/N-ethyl adjacent to an activating group) is 1. The van der Waals surface area contributed by atoms with Crippen molar-refractivity contribution in [2.45, 2.75) is 51.2 Å². The lowest BCUT2D eigenvalue weighted by atomic mass is 9.75. The Labute approximate surface area is 93.6 Å². The number of nitrogens with zero attached hydrogens (tertiary/aromatic N) is 1. The third-order valence-electron chi connectivity index (χ3n) is 3.80. The van der Waals surface area contributed by atoms with E-state index in [0.29, 0.717) is 6.54 Å². The minimum atomic E-state index is -0.268. The molecule has 1 fully saturated rings. The fourth-order valence-electron chi connectivity index (χ4n) is 2.91. The second-order valence-corrected chi connectivity index (χ2v) is 5.36. The highest BCUT2D eigenvalue weighted by Gasteiger charge is 2.37. The van der Waals surface area contributed by atoms with Crippen LogP contribution in [0.2, 0.25) is 0 Å². The second kappa shape index (κ2) is 5.28. The SMILES string of the molecule is CC(O)CN(C)C1(CN)CCCC(C)C1. The van der Waals surface area contributed by atoms with Crippen LogP contribution in [0.15, 0.2) is 0 Å². The van der Waals surface area contributed by atoms with E-state index in [9.17, 15) is 5.11 Å². The van der Waals surface area contributed by atoms with Crippen LogP contribution in [-0.4, -0.2) is 41.8 Å². The van der Waals surface area contributed by atoms with Crippen LogP contribution < -0.4 is 5.73 Å². The number of hydrogen-bond acceptors (Lipinski definition) is 3. The van der Waals surface area contributed by atoms with Gasteiger partial charge in [-0.1, -0.05) is 19.8 Å². The molecular weight excluding hydrogens is 188 g/mol. The maximum absolute atomic E-state index is 9.45. The van der Waals surface area contributed by atoms with Crippen LogP contribution in [0.3, 0.4) is 0 Å². The van der Waals surface area contributed by atoms with Crippen molar-refractivity contribution < 1.29 is 5.11 Å². The summed E-state index contributed by atoms with van der Waals surface area (Å²) in [6.45, 7) is 5.58. The fourth-order valence-corrected chi connectivity index (χ4v) is 2.91. The largest absolute Gasteiger partial charge is 0.392 e. The van der Waals surface area contributed by atoms with E-state index in [1.54, 1.807) is 0 Å². The minimum Gasteiger partial charge on any atom is -0.392 e. The van der Waals surface area contributed by atoms with E-state index in [1.807, 2.05) is 6.92 Å². The molecule has 3 unspecified atom stereocenters. The summed E-state index contributed by atoms with van der Waals surface area (Å²) in [5.41, 5.74) is 6.09. The maximum Gasteiger partial charge on any atom is 0.0639 e. The molecule has 15 heavy (non-hydrogen) atoms. The van der Waals surface area contributed by atoms with E-state index < -0.39 is 0 Å². The average Bonchev–Trinajstić information content (AvgIpc) is 2.16. The van der Waals surface area contributed by atoms with Gasteiger partial charge in [0.1, 0.15) is 0 Å². The van der Waals surface area contributed by atoms with Crippen molar-refractivity contribution in [2.24, 2.45) is 11.7 Å². The van der Waals surface area contributed by atoms with Crippen molar-refractivity contribution in [1.82, 2.24) is 4.90 Å². The smallest absolute Gasteiger partial charge is 0.0639 e. The van der Waals surface area contributed by atoms with Gasteiger partial charge in [0.05, 0.1) is 6.10 Å². The highest BCUT2D eigenvalue weighted by Crippen LogP contribution is 2.35. The Balaban J connectivity index is 2.65. The Hall–Kier alpha value is -0.120. The Kier molecular flexibility index (Phi) is 4.56. The molecule has 0 aliphatic heterocycles. The summed E-state index contributed by atoms with van der Waals surface area (Å²) in [7, 11) is 2.09. The molecule has 3 atom stereocenters. The van der Waals surface area contributed by atoms with Crippen LogP contribution in [-0.2, 0) is 0 Å². The summed E-state index contributed by atoms with van der Waals surface area (Å²) < 4.78 is 0. The lowest BCUT2D eigenvalue weighted by Gasteiger charge is -2.46. The van der Waals surface area contributed by atoms with Gasteiger partial charge < -0.3 is 10.8 Å². The summed E-state index contributed by atoms with van der Waals surface area (Å²) in [6.07, 6.45) is 4.67. The number of β-amino-alcohol motifs (C(OH)–C–C–N with tert-alkyl or cyclic N) is 1. The Morgan fingerprint density at radius 3 is 2.73 bits per heavy atom. The highest BCUT2D eigenvalue weighted by molar-refractivity contribution is 4.95. The summed E-state index contributed by atoms with van der Waals surface area (Å²) in [4.78, 5) is 2.27. The monoisotopic (exact) mass is 214 g/mol. The van der Waals surface area contributed by atoms with Crippen LogP contribution in [0.4, 0.5) is 0 Å². The molecule has 1 rings (SSSR count). The molecule has 0 radical (unpaired) electrons. The second-order valence-electron chi connectivity index (χ2n) is 5.36. The predicted octanol–water partition coefficient (Wildman–Crippen LogP) is 1.21. The van der Waals surface area contributed by atoms with Gasteiger partial charge in [-0.05, 0) is 32.7 Å². The van der Waals surface area contributed by atoms with Crippen LogP contribution >= 0.6 is 0 Å². The highest BCUT2D eigenvalue weighted by atomic mass is 16.3. The van der Waals surface area contributed by atoms with E-state index in [-0.39, 0.29) is 11.6 Å². The van der Waals surface area contributed by atoms with Gasteiger partial charge in [0.25, 0.3) is 0 Å². The number of aliphatic hydroxyl groups is 1. The first-order valence-electron chi connectivity index (χ1n) is 6.09. The third-order valence-corrected chi connectivity index (χ3v) is 3.80. The molecule has 1 saturated carbocycles. The third kappa shape index (κ3) is 3.16. The molecule has 1 aliphatic carbocycles. The van der Waals surface area contributed by atoms with Gasteiger partial charge in [0.15, 0.2) is 0 Å². The zero-order valence-corrected chi connectivity index (χ0v) is 10.4. The van der Waals surface area contributed by atoms with E-state index in [0.717, 1.165) is 12.5 Å². The first-order valence-corrected chi connectivity index (χ1v) is 6.09. The summed E-state index contributed by atoms with van der Waals surface area (Å²) in [5.74, 6) is 0.763. The molecule has 0 aromatic heterocycles. The standard InChI is InChI=1S/C12H26N2O/c1-10-5-4-6-12(7-10,9-13)14(3)8-11(2)15/h10-11,15H,4-9,13H2,1-3H3. The van der Waals surface area contributed by atoms with Crippen LogP contribution in [0, 0.1) is 5.92 Å². The van der Waals surface area contributed by atoms with E-state index in [2.05, 4.69) is 18.9 Å². The first-order chi connectivity index (χ1) is 7.00. The normalized spacial score (nSPS) is 34.4. The molecule has 0 heterocycles. The van der Waals surface area contributed by atoms with E-state index >= 15 is 0 Å². The van der Waals surface area contributed by atoms with Gasteiger partial charge in [-0.25, -0.2) is 0 Å². The van der Waals surface area contributed by atoms with Crippen molar-refractivity contribution in [3.05, 3.63) is 0 Å². The molecule has 3 N–H and O–H groups in total. The molecule has 0 aromatic carbocycles. The summed E-state index contributed by atoms with van der Waals surface area (Å²) in [6, 6.07) is 0. The molecule has 0 bridgehead atoms. The molecule has 0 amide bonds. The van der Waals surface area contributed by atoms with Gasteiger partial charge in [0.2, 0.25) is 0 Å². The Bertz CT molecular complexity index is 196. The zero-order valence-electron chi connectivity index (χ0n) is 10.4. The topological polar surface area (TPSA) is 49.5 Å². The molecule has 3 nitrogen and oxygen atoms in total. The van der Waals surface area contributed by atoms with Crippen molar-refractivity contribution in [2.75, 3.05) is 20.1 Å². The van der Waals surface area contributed by atoms with E-state index in [4.69, 9.17) is 5.73 Å². The Morgan fingerprint density at radius 1 is 1.60 bits per heavy atom. The van der Waals surface area contributed by atoms with Crippen molar-refractivity contribution in [1.29, 1.82) is 0 Å². The zero-order chi connectivity index (χ0) is 11.5. The minimum absolute atomic E-state index is 0.134. The van der Waals surface area contributed by atoms with Gasteiger partial charge >= 0.3 is 0 Å². The average molecular weight is 214 g/mol. The van der Waals surface area contributed by atoms with Gasteiger partial charge in [-0.15, -0.1) is 0 Å². The molecule has 90 valence electrons. The van der Waals surface area contributed by atoms with Gasteiger partial charge in [-0.2, -0.15) is 0 Å². The predicted molar refractivity (Wildman–Crippen MR) is 63.7 cm³/mol. The summed E-state index contributed by atoms with van der Waals surface area (Å²) in [5, 5.41) is 9.45. The number of aliphatic hydroxyl groups excluding tert-OH is 1. The molecule has 0 aromatic rings. The van der Waals surface area contributed by atoms with Crippen LogP contribution in [0.25, 0.3) is 0 Å². The number of hydrogen-bond donors (Lipinski definition) is 2. The lowest BCUT2D eigenvalue weighted by Crippen LogP contribution is -2.56. The molecular formula is C12H26N2O. The molecule has 1 aliphatic rings. The molecule has 0 spiro atoms. The van der Waals surface area contributed by atoms with Gasteiger partial charge in [0, 0.05) is 18.6 Å². The van der Waals surface area contributed by atoms with E-state index in [1.165, 1.54) is 25.7 Å². The maximum atomic E-state index is 9.45. The van der Waals surface area contributed by atoms with Crippen LogP contribution in [0.1, 0.15) is 39.5 Å². The summed E-state index contributed by atoms with van der Waals surface area (Å²) >= 11 is 0. The number of nitrogens with two attached hydrogens (primary N) is 1. The first kappa shape index (κ1) is 12.9. The molecule has 0 saturated heterocycles. The van der Waals surface area contributed by atoms with Crippen molar-refractivity contribution in [3.63, 3.8) is 0 Å². The quantitative estimate of drug-likeness (QED) is 0.739. The Morgan fingerprint density at radius 2 is 2.27 bits per heavy atom. The fraction of sp³-hybridized carbons (Fsp3) is 1.00. The van der Waals surface area contributed by atoms with Crippen LogP contribution in [0.5, 0.6) is 0 Å². The lowest BCUT2D eigenvalue weighted by molar-refractivity contribution is 0.0270. The van der Waals surface area contributed by atoms with Crippen molar-refractivity contribution >= 4 is 0 Å². The molecule has 3 heteroatoms.